The van der Waals surface area contributed by atoms with Crippen molar-refractivity contribution in [1.82, 2.24) is 0 Å². The predicted octanol–water partition coefficient (Wildman–Crippen LogP) is 2.72. The summed E-state index contributed by atoms with van der Waals surface area (Å²) in [5.41, 5.74) is 1.09. The van der Waals surface area contributed by atoms with Crippen molar-refractivity contribution in [2.24, 2.45) is 0 Å². The van der Waals surface area contributed by atoms with Gasteiger partial charge in [0.05, 0.1) is 0 Å². The van der Waals surface area contributed by atoms with E-state index in [0.29, 0.717) is 6.42 Å². The minimum atomic E-state index is 0.203. The summed E-state index contributed by atoms with van der Waals surface area (Å²) in [5, 5.41) is 8.66. The van der Waals surface area contributed by atoms with Crippen LogP contribution in [0.25, 0.3) is 0 Å². The van der Waals surface area contributed by atoms with Crippen molar-refractivity contribution in [1.29, 1.82) is 0 Å². The van der Waals surface area contributed by atoms with Gasteiger partial charge in [-0.05, 0) is 18.6 Å². The first-order valence-electron chi connectivity index (χ1n) is 4.28. The molecular formula is C11H14OS. The summed E-state index contributed by atoms with van der Waals surface area (Å²) in [6.45, 7) is 4.08. The molecule has 0 spiro atoms. The van der Waals surface area contributed by atoms with Crippen LogP contribution < -0.4 is 0 Å². The summed E-state index contributed by atoms with van der Waals surface area (Å²) in [7, 11) is 0. The maximum absolute atomic E-state index is 8.66. The van der Waals surface area contributed by atoms with Crippen LogP contribution >= 0.6 is 11.8 Å². The summed E-state index contributed by atoms with van der Waals surface area (Å²) >= 11 is 1.76. The van der Waals surface area contributed by atoms with Gasteiger partial charge in [0, 0.05) is 17.3 Å². The Bertz CT molecular complexity index is 256. The first-order chi connectivity index (χ1) is 6.33. The molecule has 2 heteroatoms. The van der Waals surface area contributed by atoms with E-state index in [1.54, 1.807) is 11.8 Å². The number of rotatable bonds is 5. The van der Waals surface area contributed by atoms with Crippen molar-refractivity contribution >= 4 is 11.8 Å². The van der Waals surface area contributed by atoms with Crippen molar-refractivity contribution in [2.45, 2.75) is 11.3 Å². The van der Waals surface area contributed by atoms with Gasteiger partial charge in [-0.3, -0.25) is 0 Å². The van der Waals surface area contributed by atoms with Crippen LogP contribution in [0.4, 0.5) is 0 Å². The van der Waals surface area contributed by atoms with Crippen LogP contribution in [0.15, 0.2) is 47.4 Å². The van der Waals surface area contributed by atoms with Gasteiger partial charge in [-0.15, -0.1) is 11.8 Å². The van der Waals surface area contributed by atoms with E-state index >= 15 is 0 Å². The van der Waals surface area contributed by atoms with Crippen LogP contribution in [0.2, 0.25) is 0 Å². The third kappa shape index (κ3) is 4.15. The number of aliphatic hydroxyl groups excluding tert-OH is 1. The third-order valence-corrected chi connectivity index (χ3v) is 2.81. The Morgan fingerprint density at radius 3 is 2.62 bits per heavy atom. The average molecular weight is 194 g/mol. The van der Waals surface area contributed by atoms with Gasteiger partial charge in [0.25, 0.3) is 0 Å². The highest BCUT2D eigenvalue weighted by Gasteiger charge is 1.95. The third-order valence-electron chi connectivity index (χ3n) is 1.65. The second kappa shape index (κ2) is 5.84. The molecule has 0 heterocycles. The standard InChI is InChI=1S/C11H14OS/c1-10(7-8-12)9-13-11-5-3-2-4-6-11/h2-6,12H,1,7-9H2. The Morgan fingerprint density at radius 1 is 1.31 bits per heavy atom. The van der Waals surface area contributed by atoms with Gasteiger partial charge in [-0.1, -0.05) is 30.4 Å². The lowest BCUT2D eigenvalue weighted by Crippen LogP contribution is -1.89. The normalized spacial score (nSPS) is 9.92. The molecule has 1 aromatic rings. The van der Waals surface area contributed by atoms with Gasteiger partial charge in [0.1, 0.15) is 0 Å². The average Bonchev–Trinajstić information content (AvgIpc) is 2.17. The van der Waals surface area contributed by atoms with E-state index in [4.69, 9.17) is 5.11 Å². The first kappa shape index (κ1) is 10.4. The lowest BCUT2D eigenvalue weighted by atomic mass is 10.3. The highest BCUT2D eigenvalue weighted by atomic mass is 32.2. The van der Waals surface area contributed by atoms with Crippen LogP contribution in [0, 0.1) is 0 Å². The molecule has 1 N–H and O–H groups in total. The second-order valence-corrected chi connectivity index (χ2v) is 3.87. The molecule has 0 atom stereocenters. The van der Waals surface area contributed by atoms with Crippen LogP contribution in [-0.4, -0.2) is 17.5 Å². The van der Waals surface area contributed by atoms with Crippen LogP contribution in [0.5, 0.6) is 0 Å². The lowest BCUT2D eigenvalue weighted by Gasteiger charge is -2.02. The predicted molar refractivity (Wildman–Crippen MR) is 58.0 cm³/mol. The van der Waals surface area contributed by atoms with Gasteiger partial charge in [-0.2, -0.15) is 0 Å². The topological polar surface area (TPSA) is 20.2 Å². The minimum absolute atomic E-state index is 0.203. The summed E-state index contributed by atoms with van der Waals surface area (Å²) in [6, 6.07) is 10.2. The molecule has 0 amide bonds. The number of benzene rings is 1. The van der Waals surface area contributed by atoms with Gasteiger partial charge in [-0.25, -0.2) is 0 Å². The van der Waals surface area contributed by atoms with E-state index in [2.05, 4.69) is 18.7 Å². The Hall–Kier alpha value is -0.730. The molecule has 70 valence electrons. The molecule has 0 aliphatic heterocycles. The van der Waals surface area contributed by atoms with E-state index in [0.717, 1.165) is 11.3 Å². The number of thioether (sulfide) groups is 1. The number of aliphatic hydroxyl groups is 1. The zero-order valence-corrected chi connectivity index (χ0v) is 8.39. The molecule has 0 fully saturated rings. The Morgan fingerprint density at radius 2 is 2.00 bits per heavy atom. The molecule has 0 bridgehead atoms. The van der Waals surface area contributed by atoms with Crippen LogP contribution in [0.3, 0.4) is 0 Å². The molecule has 0 radical (unpaired) electrons. The van der Waals surface area contributed by atoms with E-state index in [-0.39, 0.29) is 6.61 Å². The van der Waals surface area contributed by atoms with Gasteiger partial charge in [0.15, 0.2) is 0 Å². The molecule has 0 unspecified atom stereocenters. The quantitative estimate of drug-likeness (QED) is 0.574. The van der Waals surface area contributed by atoms with Crippen molar-refractivity contribution in [3.05, 3.63) is 42.5 Å². The Kier molecular flexibility index (Phi) is 4.65. The molecule has 1 aromatic carbocycles. The molecule has 1 rings (SSSR count). The maximum atomic E-state index is 8.66. The van der Waals surface area contributed by atoms with Gasteiger partial charge < -0.3 is 5.11 Å². The van der Waals surface area contributed by atoms with E-state index in [1.807, 2.05) is 18.2 Å². The fourth-order valence-corrected chi connectivity index (χ4v) is 1.80. The zero-order chi connectivity index (χ0) is 9.52. The minimum Gasteiger partial charge on any atom is -0.396 e. The van der Waals surface area contributed by atoms with E-state index in [1.165, 1.54) is 4.90 Å². The van der Waals surface area contributed by atoms with Gasteiger partial charge >= 0.3 is 0 Å². The second-order valence-electron chi connectivity index (χ2n) is 2.83. The lowest BCUT2D eigenvalue weighted by molar-refractivity contribution is 0.299. The summed E-state index contributed by atoms with van der Waals surface area (Å²) in [5.74, 6) is 0.893. The van der Waals surface area contributed by atoms with Crippen molar-refractivity contribution in [2.75, 3.05) is 12.4 Å². The smallest absolute Gasteiger partial charge is 0.0468 e. The summed E-state index contributed by atoms with van der Waals surface area (Å²) < 4.78 is 0. The van der Waals surface area contributed by atoms with E-state index in [9.17, 15) is 0 Å². The first-order valence-corrected chi connectivity index (χ1v) is 5.27. The Balaban J connectivity index is 2.31. The summed E-state index contributed by atoms with van der Waals surface area (Å²) in [6.07, 6.45) is 0.708. The summed E-state index contributed by atoms with van der Waals surface area (Å²) in [4.78, 5) is 1.25. The number of hydrogen-bond donors (Lipinski definition) is 1. The molecule has 0 saturated carbocycles. The van der Waals surface area contributed by atoms with Crippen molar-refractivity contribution in [3.63, 3.8) is 0 Å². The fourth-order valence-electron chi connectivity index (χ4n) is 0.932. The molecular weight excluding hydrogens is 180 g/mol. The largest absolute Gasteiger partial charge is 0.396 e. The highest BCUT2D eigenvalue weighted by molar-refractivity contribution is 7.99. The molecule has 0 saturated heterocycles. The molecule has 0 aliphatic rings. The van der Waals surface area contributed by atoms with E-state index < -0.39 is 0 Å². The van der Waals surface area contributed by atoms with Crippen molar-refractivity contribution < 1.29 is 5.11 Å². The zero-order valence-electron chi connectivity index (χ0n) is 7.57. The highest BCUT2D eigenvalue weighted by Crippen LogP contribution is 2.19. The van der Waals surface area contributed by atoms with Crippen LogP contribution in [-0.2, 0) is 0 Å². The molecule has 1 nitrogen and oxygen atoms in total. The van der Waals surface area contributed by atoms with Gasteiger partial charge in [0.2, 0.25) is 0 Å². The monoisotopic (exact) mass is 194 g/mol. The Labute approximate surface area is 83.5 Å². The molecule has 0 aliphatic carbocycles. The molecule has 0 aromatic heterocycles. The maximum Gasteiger partial charge on any atom is 0.0468 e. The number of hydrogen-bond acceptors (Lipinski definition) is 2. The molecule has 13 heavy (non-hydrogen) atoms. The van der Waals surface area contributed by atoms with Crippen molar-refractivity contribution in [3.8, 4) is 0 Å². The SMILES string of the molecule is C=C(CCO)CSc1ccccc1. The van der Waals surface area contributed by atoms with Crippen LogP contribution in [0.1, 0.15) is 6.42 Å². The fraction of sp³-hybridized carbons (Fsp3) is 0.273.